The zero-order valence-electron chi connectivity index (χ0n) is 7.11. The Bertz CT molecular complexity index is 355. The largest absolute Gasteiger partial charge is 0.477 e. The van der Waals surface area contributed by atoms with Gasteiger partial charge in [-0.1, -0.05) is 0 Å². The number of hydrogen-bond donors (Lipinski definition) is 2. The summed E-state index contributed by atoms with van der Waals surface area (Å²) in [6, 6.07) is 0. The molecule has 1 aromatic rings. The Kier molecular flexibility index (Phi) is 3.21. The molecule has 0 spiro atoms. The molecule has 0 saturated carbocycles. The van der Waals surface area contributed by atoms with Crippen LogP contribution in [0.4, 0.5) is 0 Å². The van der Waals surface area contributed by atoms with E-state index in [0.717, 1.165) is 11.3 Å². The summed E-state index contributed by atoms with van der Waals surface area (Å²) in [6.07, 6.45) is 0. The smallest absolute Gasteiger partial charge is 0.353 e. The molecule has 0 fully saturated rings. The molecule has 72 valence electrons. The predicted octanol–water partition coefficient (Wildman–Crippen LogP) is 0.374. The van der Waals surface area contributed by atoms with Crippen LogP contribution in [0.2, 0.25) is 0 Å². The van der Waals surface area contributed by atoms with Crippen molar-refractivity contribution in [3.05, 3.63) is 15.9 Å². The zero-order chi connectivity index (χ0) is 9.84. The third-order valence-corrected chi connectivity index (χ3v) is 2.34. The molecule has 0 atom stereocenters. The van der Waals surface area contributed by atoms with Crippen molar-refractivity contribution in [1.29, 1.82) is 5.41 Å². The quantitative estimate of drug-likeness (QED) is 0.740. The van der Waals surface area contributed by atoms with Crippen molar-refractivity contribution in [2.45, 2.75) is 6.54 Å². The summed E-state index contributed by atoms with van der Waals surface area (Å²) in [5, 5.41) is 17.6. The van der Waals surface area contributed by atoms with Gasteiger partial charge < -0.3 is 14.4 Å². The number of methoxy groups -OCH3 is 1. The maximum absolute atomic E-state index is 10.7. The van der Waals surface area contributed by atoms with Crippen molar-refractivity contribution in [3.63, 3.8) is 0 Å². The highest BCUT2D eigenvalue weighted by molar-refractivity contribution is 7.07. The molecule has 0 bridgehead atoms. The molecule has 0 unspecified atom stereocenters. The Labute approximate surface area is 78.7 Å². The third-order valence-electron chi connectivity index (χ3n) is 1.56. The Hall–Kier alpha value is -1.14. The van der Waals surface area contributed by atoms with E-state index in [-0.39, 0.29) is 10.5 Å². The fourth-order valence-electron chi connectivity index (χ4n) is 0.919. The van der Waals surface area contributed by atoms with Crippen LogP contribution in [0.15, 0.2) is 5.38 Å². The van der Waals surface area contributed by atoms with E-state index < -0.39 is 5.97 Å². The van der Waals surface area contributed by atoms with E-state index in [1.807, 2.05) is 0 Å². The minimum absolute atomic E-state index is 0.145. The minimum atomic E-state index is -1.01. The molecule has 1 aromatic heterocycles. The highest BCUT2D eigenvalue weighted by Crippen LogP contribution is 2.01. The number of rotatable bonds is 4. The number of thiazole rings is 1. The van der Waals surface area contributed by atoms with Crippen LogP contribution in [0, 0.1) is 5.41 Å². The molecule has 0 aliphatic heterocycles. The Balaban J connectivity index is 2.95. The van der Waals surface area contributed by atoms with Gasteiger partial charge in [0.25, 0.3) is 0 Å². The summed E-state index contributed by atoms with van der Waals surface area (Å²) in [4.78, 5) is 10.9. The number of carboxylic acids is 1. The second-order valence-electron chi connectivity index (χ2n) is 2.38. The van der Waals surface area contributed by atoms with Crippen molar-refractivity contribution in [2.24, 2.45) is 0 Å². The number of nitrogens with one attached hydrogen (secondary N) is 1. The van der Waals surface area contributed by atoms with Gasteiger partial charge in [-0.05, 0) is 0 Å². The van der Waals surface area contributed by atoms with E-state index in [4.69, 9.17) is 15.3 Å². The lowest BCUT2D eigenvalue weighted by Gasteiger charge is -2.03. The topological polar surface area (TPSA) is 75.3 Å². The van der Waals surface area contributed by atoms with Gasteiger partial charge in [-0.25, -0.2) is 4.79 Å². The second-order valence-corrected chi connectivity index (χ2v) is 3.23. The summed E-state index contributed by atoms with van der Waals surface area (Å²) in [5.74, 6) is -1.01. The molecule has 6 heteroatoms. The van der Waals surface area contributed by atoms with Crippen LogP contribution in [0.25, 0.3) is 0 Å². The molecular formula is C7H10N2O3S. The lowest BCUT2D eigenvalue weighted by Crippen LogP contribution is -2.21. The van der Waals surface area contributed by atoms with Crippen LogP contribution < -0.4 is 4.80 Å². The molecule has 0 aromatic carbocycles. The molecule has 0 aliphatic carbocycles. The minimum Gasteiger partial charge on any atom is -0.477 e. The average Bonchev–Trinajstić information content (AvgIpc) is 2.43. The van der Waals surface area contributed by atoms with Gasteiger partial charge >= 0.3 is 5.97 Å². The first kappa shape index (κ1) is 9.94. The Morgan fingerprint density at radius 3 is 3.08 bits per heavy atom. The van der Waals surface area contributed by atoms with Crippen molar-refractivity contribution >= 4 is 17.3 Å². The number of carboxylic acid groups (broad SMARTS) is 1. The van der Waals surface area contributed by atoms with Crippen LogP contribution in [0.1, 0.15) is 10.5 Å². The third kappa shape index (κ3) is 2.16. The molecule has 2 N–H and O–H groups in total. The Morgan fingerprint density at radius 2 is 2.54 bits per heavy atom. The molecule has 0 radical (unpaired) electrons. The molecule has 13 heavy (non-hydrogen) atoms. The van der Waals surface area contributed by atoms with E-state index in [2.05, 4.69) is 0 Å². The molecule has 1 rings (SSSR count). The van der Waals surface area contributed by atoms with Crippen LogP contribution in [0.3, 0.4) is 0 Å². The summed E-state index contributed by atoms with van der Waals surface area (Å²) < 4.78 is 6.23. The first-order valence-corrected chi connectivity index (χ1v) is 4.50. The first-order valence-electron chi connectivity index (χ1n) is 3.62. The highest BCUT2D eigenvalue weighted by atomic mass is 32.1. The van der Waals surface area contributed by atoms with Crippen molar-refractivity contribution in [3.8, 4) is 0 Å². The van der Waals surface area contributed by atoms with Gasteiger partial charge in [0.2, 0.25) is 0 Å². The normalized spacial score (nSPS) is 10.2. The van der Waals surface area contributed by atoms with E-state index in [1.165, 1.54) is 17.1 Å². The molecule has 0 amide bonds. The van der Waals surface area contributed by atoms with Gasteiger partial charge in [-0.2, -0.15) is 0 Å². The van der Waals surface area contributed by atoms with E-state index >= 15 is 0 Å². The Morgan fingerprint density at radius 1 is 1.85 bits per heavy atom. The molecule has 0 aliphatic rings. The highest BCUT2D eigenvalue weighted by Gasteiger charge is 2.10. The number of aromatic nitrogens is 1. The monoisotopic (exact) mass is 202 g/mol. The predicted molar refractivity (Wildman–Crippen MR) is 47.0 cm³/mol. The van der Waals surface area contributed by atoms with Gasteiger partial charge in [0, 0.05) is 19.0 Å². The molecule has 5 nitrogen and oxygen atoms in total. The van der Waals surface area contributed by atoms with Gasteiger partial charge in [-0.3, -0.25) is 5.41 Å². The van der Waals surface area contributed by atoms with Gasteiger partial charge in [0.1, 0.15) is 5.69 Å². The number of carbonyl (C=O) groups is 1. The van der Waals surface area contributed by atoms with Gasteiger partial charge in [0.05, 0.1) is 6.61 Å². The van der Waals surface area contributed by atoms with Crippen molar-refractivity contribution in [2.75, 3.05) is 13.7 Å². The lowest BCUT2D eigenvalue weighted by molar-refractivity contribution is 0.0682. The molecule has 0 saturated heterocycles. The van der Waals surface area contributed by atoms with Gasteiger partial charge in [0.15, 0.2) is 4.80 Å². The first-order chi connectivity index (χ1) is 6.16. The molecule has 1 heterocycles. The fourth-order valence-corrected chi connectivity index (χ4v) is 1.69. The average molecular weight is 202 g/mol. The van der Waals surface area contributed by atoms with E-state index in [1.54, 1.807) is 0 Å². The number of hydrogen-bond acceptors (Lipinski definition) is 4. The van der Waals surface area contributed by atoms with Crippen LogP contribution in [-0.2, 0) is 11.3 Å². The standard InChI is InChI=1S/C7H10N2O3S/c1-12-3-2-9-5(6(10)11)4-13-7(9)8/h4,8H,2-3H2,1H3,(H,10,11). The number of nitrogens with zero attached hydrogens (tertiary/aromatic N) is 1. The summed E-state index contributed by atoms with van der Waals surface area (Å²) >= 11 is 1.10. The summed E-state index contributed by atoms with van der Waals surface area (Å²) in [6.45, 7) is 0.814. The summed E-state index contributed by atoms with van der Waals surface area (Å²) in [5.41, 5.74) is 0.145. The van der Waals surface area contributed by atoms with E-state index in [0.29, 0.717) is 13.2 Å². The van der Waals surface area contributed by atoms with Crippen molar-refractivity contribution in [1.82, 2.24) is 4.57 Å². The zero-order valence-corrected chi connectivity index (χ0v) is 7.93. The SMILES string of the molecule is COCCn1c(C(=O)O)csc1=N. The second kappa shape index (κ2) is 4.20. The van der Waals surface area contributed by atoms with Crippen LogP contribution in [-0.4, -0.2) is 29.4 Å². The number of ether oxygens (including phenoxy) is 1. The fraction of sp³-hybridized carbons (Fsp3) is 0.429. The summed E-state index contributed by atoms with van der Waals surface area (Å²) in [7, 11) is 1.54. The maximum Gasteiger partial charge on any atom is 0.353 e. The molecular weight excluding hydrogens is 192 g/mol. The number of aromatic carboxylic acids is 1. The van der Waals surface area contributed by atoms with Crippen LogP contribution >= 0.6 is 11.3 Å². The van der Waals surface area contributed by atoms with Crippen molar-refractivity contribution < 1.29 is 14.6 Å². The maximum atomic E-state index is 10.7. The lowest BCUT2D eigenvalue weighted by atomic mass is 10.5. The van der Waals surface area contributed by atoms with Gasteiger partial charge in [-0.15, -0.1) is 11.3 Å². The van der Waals surface area contributed by atoms with E-state index in [9.17, 15) is 4.79 Å². The van der Waals surface area contributed by atoms with Crippen LogP contribution in [0.5, 0.6) is 0 Å².